The number of alkyl halides is 2. The largest absolute Gasteiger partial charge is 0.434 e. The number of ether oxygens (including phenoxy) is 1. The van der Waals surface area contributed by atoms with Gasteiger partial charge < -0.3 is 10.1 Å². The van der Waals surface area contributed by atoms with Crippen molar-refractivity contribution in [1.29, 1.82) is 0 Å². The Morgan fingerprint density at radius 3 is 2.52 bits per heavy atom. The zero-order valence-electron chi connectivity index (χ0n) is 12.2. The van der Waals surface area contributed by atoms with E-state index in [0.717, 1.165) is 11.4 Å². The summed E-state index contributed by atoms with van der Waals surface area (Å²) in [5.41, 5.74) is 2.50. The van der Waals surface area contributed by atoms with E-state index in [4.69, 9.17) is 0 Å². The van der Waals surface area contributed by atoms with Gasteiger partial charge in [0.25, 0.3) is 0 Å². The van der Waals surface area contributed by atoms with Crippen LogP contribution >= 0.6 is 0 Å². The van der Waals surface area contributed by atoms with Crippen LogP contribution in [-0.2, 0) is 6.54 Å². The molecule has 0 amide bonds. The molecule has 0 radical (unpaired) electrons. The standard InChI is InChI=1S/C17H15F2N3O/c18-17(19)23-16-5-2-1-4-13(16)12-20-14-6-8-15(9-7-14)22-11-3-10-21-22/h1-11,17,20H,12H2. The maximum absolute atomic E-state index is 12.4. The summed E-state index contributed by atoms with van der Waals surface area (Å²) in [7, 11) is 0. The number of benzene rings is 2. The summed E-state index contributed by atoms with van der Waals surface area (Å²) in [6.07, 6.45) is 3.58. The molecular weight excluding hydrogens is 300 g/mol. The summed E-state index contributed by atoms with van der Waals surface area (Å²) in [5.74, 6) is 0.183. The van der Waals surface area contributed by atoms with Crippen molar-refractivity contribution in [3.8, 4) is 11.4 Å². The summed E-state index contributed by atoms with van der Waals surface area (Å²) in [5, 5.41) is 7.35. The van der Waals surface area contributed by atoms with Crippen molar-refractivity contribution in [2.75, 3.05) is 5.32 Å². The molecule has 1 aromatic heterocycles. The normalized spacial score (nSPS) is 10.7. The highest BCUT2D eigenvalue weighted by Gasteiger charge is 2.08. The predicted molar refractivity (Wildman–Crippen MR) is 84.0 cm³/mol. The van der Waals surface area contributed by atoms with Crippen LogP contribution in [0.4, 0.5) is 14.5 Å². The second kappa shape index (κ2) is 6.91. The van der Waals surface area contributed by atoms with Gasteiger partial charge in [0.15, 0.2) is 0 Å². The van der Waals surface area contributed by atoms with E-state index in [9.17, 15) is 8.78 Å². The molecule has 0 atom stereocenters. The number of nitrogens with one attached hydrogen (secondary N) is 1. The van der Waals surface area contributed by atoms with Crippen molar-refractivity contribution in [2.24, 2.45) is 0 Å². The lowest BCUT2D eigenvalue weighted by Gasteiger charge is -2.12. The highest BCUT2D eigenvalue weighted by atomic mass is 19.3. The number of nitrogens with zero attached hydrogens (tertiary/aromatic N) is 2. The molecule has 0 saturated carbocycles. The lowest BCUT2D eigenvalue weighted by Crippen LogP contribution is -2.07. The van der Waals surface area contributed by atoms with E-state index in [2.05, 4.69) is 15.2 Å². The molecule has 4 nitrogen and oxygen atoms in total. The Morgan fingerprint density at radius 2 is 1.83 bits per heavy atom. The number of para-hydroxylation sites is 1. The number of hydrogen-bond acceptors (Lipinski definition) is 3. The zero-order valence-corrected chi connectivity index (χ0v) is 12.2. The van der Waals surface area contributed by atoms with Crippen LogP contribution < -0.4 is 10.1 Å². The van der Waals surface area contributed by atoms with Gasteiger partial charge >= 0.3 is 6.61 Å². The van der Waals surface area contributed by atoms with Crippen LogP contribution in [0.1, 0.15) is 5.56 Å². The third-order valence-electron chi connectivity index (χ3n) is 3.31. The van der Waals surface area contributed by atoms with Gasteiger partial charge in [-0.1, -0.05) is 18.2 Å². The minimum atomic E-state index is -2.83. The van der Waals surface area contributed by atoms with Crippen LogP contribution in [0.3, 0.4) is 0 Å². The number of hydrogen-bond donors (Lipinski definition) is 1. The van der Waals surface area contributed by atoms with E-state index >= 15 is 0 Å². The zero-order chi connectivity index (χ0) is 16.1. The third-order valence-corrected chi connectivity index (χ3v) is 3.31. The predicted octanol–water partition coefficient (Wildman–Crippen LogP) is 4.09. The number of rotatable bonds is 6. The van der Waals surface area contributed by atoms with Crippen LogP contribution in [0.15, 0.2) is 67.0 Å². The summed E-state index contributed by atoms with van der Waals surface area (Å²) < 4.78 is 31.1. The summed E-state index contributed by atoms with van der Waals surface area (Å²) in [6.45, 7) is -2.44. The van der Waals surface area contributed by atoms with Crippen LogP contribution in [0.2, 0.25) is 0 Å². The van der Waals surface area contributed by atoms with Gasteiger partial charge in [0.1, 0.15) is 5.75 Å². The Morgan fingerprint density at radius 1 is 1.04 bits per heavy atom. The first-order valence-corrected chi connectivity index (χ1v) is 7.09. The molecule has 0 bridgehead atoms. The molecule has 0 saturated heterocycles. The first-order chi connectivity index (χ1) is 11.2. The van der Waals surface area contributed by atoms with Crippen LogP contribution in [0.5, 0.6) is 5.75 Å². The van der Waals surface area contributed by atoms with E-state index in [-0.39, 0.29) is 5.75 Å². The van der Waals surface area contributed by atoms with Crippen molar-refractivity contribution in [1.82, 2.24) is 9.78 Å². The summed E-state index contributed by atoms with van der Waals surface area (Å²) in [6, 6.07) is 16.3. The Kier molecular flexibility index (Phi) is 4.52. The highest BCUT2D eigenvalue weighted by molar-refractivity contribution is 5.49. The molecule has 0 aliphatic carbocycles. The molecule has 0 spiro atoms. The molecule has 6 heteroatoms. The second-order valence-electron chi connectivity index (χ2n) is 4.84. The highest BCUT2D eigenvalue weighted by Crippen LogP contribution is 2.22. The van der Waals surface area contributed by atoms with Gasteiger partial charge in [-0.15, -0.1) is 0 Å². The van der Waals surface area contributed by atoms with Gasteiger partial charge in [-0.3, -0.25) is 0 Å². The van der Waals surface area contributed by atoms with Gasteiger partial charge in [0, 0.05) is 30.2 Å². The minimum Gasteiger partial charge on any atom is -0.434 e. The molecular formula is C17H15F2N3O. The lowest BCUT2D eigenvalue weighted by molar-refractivity contribution is -0.0504. The van der Waals surface area contributed by atoms with Crippen molar-refractivity contribution in [2.45, 2.75) is 13.2 Å². The van der Waals surface area contributed by atoms with Gasteiger partial charge in [-0.2, -0.15) is 13.9 Å². The van der Waals surface area contributed by atoms with Crippen molar-refractivity contribution in [3.05, 3.63) is 72.6 Å². The fourth-order valence-electron chi connectivity index (χ4n) is 2.21. The Bertz CT molecular complexity index is 743. The molecule has 118 valence electrons. The fraction of sp³-hybridized carbons (Fsp3) is 0.118. The van der Waals surface area contributed by atoms with Crippen LogP contribution in [-0.4, -0.2) is 16.4 Å². The molecule has 0 fully saturated rings. The summed E-state index contributed by atoms with van der Waals surface area (Å²) >= 11 is 0. The SMILES string of the molecule is FC(F)Oc1ccccc1CNc1ccc(-n2cccn2)cc1. The monoisotopic (exact) mass is 315 g/mol. The molecule has 3 rings (SSSR count). The molecule has 2 aromatic carbocycles. The Hall–Kier alpha value is -2.89. The van der Waals surface area contributed by atoms with Gasteiger partial charge in [0.05, 0.1) is 5.69 Å². The first-order valence-electron chi connectivity index (χ1n) is 7.09. The minimum absolute atomic E-state index is 0.183. The van der Waals surface area contributed by atoms with E-state index in [0.29, 0.717) is 12.1 Å². The third kappa shape index (κ3) is 3.85. The van der Waals surface area contributed by atoms with Crippen molar-refractivity contribution < 1.29 is 13.5 Å². The Labute approximate surface area is 132 Å². The molecule has 0 aliphatic heterocycles. The number of anilines is 1. The average Bonchev–Trinajstić information content (AvgIpc) is 3.08. The van der Waals surface area contributed by atoms with Crippen molar-refractivity contribution >= 4 is 5.69 Å². The van der Waals surface area contributed by atoms with Gasteiger partial charge in [-0.25, -0.2) is 4.68 Å². The van der Waals surface area contributed by atoms with E-state index in [1.54, 1.807) is 29.1 Å². The quantitative estimate of drug-likeness (QED) is 0.745. The fourth-order valence-corrected chi connectivity index (χ4v) is 2.21. The van der Waals surface area contributed by atoms with E-state index in [1.807, 2.05) is 36.5 Å². The maximum Gasteiger partial charge on any atom is 0.387 e. The average molecular weight is 315 g/mol. The lowest BCUT2D eigenvalue weighted by atomic mass is 10.2. The molecule has 0 aliphatic rings. The molecule has 1 N–H and O–H groups in total. The summed E-state index contributed by atoms with van der Waals surface area (Å²) in [4.78, 5) is 0. The second-order valence-corrected chi connectivity index (χ2v) is 4.84. The molecule has 0 unspecified atom stereocenters. The van der Waals surface area contributed by atoms with Gasteiger partial charge in [0.2, 0.25) is 0 Å². The molecule has 1 heterocycles. The van der Waals surface area contributed by atoms with E-state index < -0.39 is 6.61 Å². The number of aromatic nitrogens is 2. The molecule has 3 aromatic rings. The van der Waals surface area contributed by atoms with Crippen LogP contribution in [0, 0.1) is 0 Å². The van der Waals surface area contributed by atoms with Crippen LogP contribution in [0.25, 0.3) is 5.69 Å². The first kappa shape index (κ1) is 15.0. The van der Waals surface area contributed by atoms with Gasteiger partial charge in [-0.05, 0) is 36.4 Å². The maximum atomic E-state index is 12.4. The smallest absolute Gasteiger partial charge is 0.387 e. The molecule has 23 heavy (non-hydrogen) atoms. The number of halogens is 2. The van der Waals surface area contributed by atoms with Crippen molar-refractivity contribution in [3.63, 3.8) is 0 Å². The Balaban J connectivity index is 1.67. The van der Waals surface area contributed by atoms with E-state index in [1.165, 1.54) is 6.07 Å². The topological polar surface area (TPSA) is 39.1 Å².